The number of halogens is 5. The molecule has 0 fully saturated rings. The maximum absolute atomic E-state index is 13.9. The number of hydrogen-bond donors (Lipinski definition) is 0. The summed E-state index contributed by atoms with van der Waals surface area (Å²) in [6.45, 7) is 3.51. The Morgan fingerprint density at radius 1 is 1.00 bits per heavy atom. The summed E-state index contributed by atoms with van der Waals surface area (Å²) in [7, 11) is 0. The molecule has 0 aromatic heterocycles. The van der Waals surface area contributed by atoms with E-state index in [1.54, 1.807) is 0 Å². The first kappa shape index (κ1) is 17.5. The molecule has 0 aliphatic carbocycles. The Kier molecular flexibility index (Phi) is 5.24. The minimum absolute atomic E-state index is 0.00928. The molecular formula is C18H11F5O. The van der Waals surface area contributed by atoms with Crippen molar-refractivity contribution in [3.8, 4) is 17.6 Å². The van der Waals surface area contributed by atoms with Crippen molar-refractivity contribution in [1.82, 2.24) is 0 Å². The van der Waals surface area contributed by atoms with Crippen LogP contribution < -0.4 is 4.74 Å². The lowest BCUT2D eigenvalue weighted by Crippen LogP contribution is -2.04. The second-order valence-corrected chi connectivity index (χ2v) is 4.69. The molecule has 0 unspecified atom stereocenters. The highest BCUT2D eigenvalue weighted by molar-refractivity contribution is 5.46. The maximum Gasteiger partial charge on any atom is 0.416 e. The maximum atomic E-state index is 13.9. The van der Waals surface area contributed by atoms with Crippen LogP contribution in [0.1, 0.15) is 16.7 Å². The highest BCUT2D eigenvalue weighted by Gasteiger charge is 2.29. The van der Waals surface area contributed by atoms with Crippen LogP contribution in [0.25, 0.3) is 0 Å². The summed E-state index contributed by atoms with van der Waals surface area (Å²) in [5, 5.41) is 0. The van der Waals surface area contributed by atoms with Crippen molar-refractivity contribution in [1.29, 1.82) is 0 Å². The fourth-order valence-corrected chi connectivity index (χ4v) is 1.78. The normalized spacial score (nSPS) is 10.7. The van der Waals surface area contributed by atoms with Crippen molar-refractivity contribution in [2.45, 2.75) is 6.18 Å². The average Bonchev–Trinajstić information content (AvgIpc) is 2.51. The summed E-state index contributed by atoms with van der Waals surface area (Å²) < 4.78 is 70.1. The molecule has 6 heteroatoms. The highest BCUT2D eigenvalue weighted by Crippen LogP contribution is 2.29. The Hall–Kier alpha value is -2.81. The van der Waals surface area contributed by atoms with Gasteiger partial charge in [-0.15, -0.1) is 0 Å². The van der Waals surface area contributed by atoms with Gasteiger partial charge in [0.15, 0.2) is 0 Å². The van der Waals surface area contributed by atoms with Gasteiger partial charge in [-0.25, -0.2) is 8.78 Å². The Morgan fingerprint density at radius 3 is 2.08 bits per heavy atom. The highest BCUT2D eigenvalue weighted by atomic mass is 19.4. The minimum Gasteiger partial charge on any atom is -0.489 e. The standard InChI is InChI=1S/C18H11F5O/c1-2-9-24-14-10-16(19)15(17(20)11-14)8-5-12-3-6-13(7-4-12)18(21,22)23/h2-4,6-7,10-11H,1,9H2. The third-order valence-corrected chi connectivity index (χ3v) is 2.93. The van der Waals surface area contributed by atoms with E-state index < -0.39 is 28.9 Å². The summed E-state index contributed by atoms with van der Waals surface area (Å²) in [4.78, 5) is 0. The molecule has 0 amide bonds. The van der Waals surface area contributed by atoms with Crippen molar-refractivity contribution in [2.24, 2.45) is 0 Å². The van der Waals surface area contributed by atoms with E-state index in [2.05, 4.69) is 18.4 Å². The molecule has 0 atom stereocenters. The van der Waals surface area contributed by atoms with Gasteiger partial charge < -0.3 is 4.74 Å². The Balaban J connectivity index is 2.26. The van der Waals surface area contributed by atoms with Crippen molar-refractivity contribution >= 4 is 0 Å². The third kappa shape index (κ3) is 4.35. The fourth-order valence-electron chi connectivity index (χ4n) is 1.78. The van der Waals surface area contributed by atoms with E-state index in [0.29, 0.717) is 0 Å². The van der Waals surface area contributed by atoms with Crippen LogP contribution in [0.3, 0.4) is 0 Å². The van der Waals surface area contributed by atoms with Crippen LogP contribution in [-0.4, -0.2) is 6.61 Å². The molecule has 2 aromatic carbocycles. The monoisotopic (exact) mass is 338 g/mol. The lowest BCUT2D eigenvalue weighted by atomic mass is 10.1. The molecule has 0 radical (unpaired) electrons. The number of rotatable bonds is 3. The van der Waals surface area contributed by atoms with Gasteiger partial charge in [-0.05, 0) is 24.3 Å². The van der Waals surface area contributed by atoms with Crippen LogP contribution in [-0.2, 0) is 6.18 Å². The summed E-state index contributed by atoms with van der Waals surface area (Å²) in [5.74, 6) is 2.86. The van der Waals surface area contributed by atoms with Crippen LogP contribution in [0.15, 0.2) is 49.1 Å². The SMILES string of the molecule is C=CCOc1cc(F)c(C#Cc2ccc(C(F)(F)F)cc2)c(F)c1. The van der Waals surface area contributed by atoms with Crippen LogP contribution >= 0.6 is 0 Å². The molecule has 124 valence electrons. The van der Waals surface area contributed by atoms with E-state index in [4.69, 9.17) is 4.74 Å². The van der Waals surface area contributed by atoms with Gasteiger partial charge >= 0.3 is 6.18 Å². The largest absolute Gasteiger partial charge is 0.489 e. The topological polar surface area (TPSA) is 9.23 Å². The summed E-state index contributed by atoms with van der Waals surface area (Å²) in [6, 6.07) is 5.92. The van der Waals surface area contributed by atoms with E-state index in [1.165, 1.54) is 6.08 Å². The zero-order chi connectivity index (χ0) is 17.7. The lowest BCUT2D eigenvalue weighted by Gasteiger charge is -2.06. The minimum atomic E-state index is -4.45. The van der Waals surface area contributed by atoms with Crippen LogP contribution in [0.5, 0.6) is 5.75 Å². The van der Waals surface area contributed by atoms with Crippen molar-refractivity contribution in [2.75, 3.05) is 6.61 Å². The Morgan fingerprint density at radius 2 is 1.58 bits per heavy atom. The van der Waals surface area contributed by atoms with Crippen LogP contribution in [0.2, 0.25) is 0 Å². The summed E-state index contributed by atoms with van der Waals surface area (Å²) in [5.41, 5.74) is -1.11. The molecule has 0 heterocycles. The van der Waals surface area contributed by atoms with Gasteiger partial charge in [0.25, 0.3) is 0 Å². The predicted molar refractivity (Wildman–Crippen MR) is 79.5 cm³/mol. The van der Waals surface area contributed by atoms with Gasteiger partial charge in [-0.2, -0.15) is 13.2 Å². The molecule has 0 aliphatic rings. The van der Waals surface area contributed by atoms with Crippen molar-refractivity contribution < 1.29 is 26.7 Å². The molecule has 0 spiro atoms. The van der Waals surface area contributed by atoms with Crippen molar-refractivity contribution in [3.05, 3.63) is 77.4 Å². The molecule has 0 bridgehead atoms. The molecule has 1 nitrogen and oxygen atoms in total. The second kappa shape index (κ2) is 7.18. The molecule has 24 heavy (non-hydrogen) atoms. The summed E-state index contributed by atoms with van der Waals surface area (Å²) in [6.07, 6.45) is -3.03. The van der Waals surface area contributed by atoms with E-state index in [0.717, 1.165) is 36.4 Å². The molecular weight excluding hydrogens is 327 g/mol. The molecule has 0 saturated heterocycles. The first-order valence-electron chi connectivity index (χ1n) is 6.73. The molecule has 0 saturated carbocycles. The smallest absolute Gasteiger partial charge is 0.416 e. The number of alkyl halides is 3. The lowest BCUT2D eigenvalue weighted by molar-refractivity contribution is -0.137. The second-order valence-electron chi connectivity index (χ2n) is 4.69. The number of hydrogen-bond acceptors (Lipinski definition) is 1. The number of ether oxygens (including phenoxy) is 1. The fraction of sp³-hybridized carbons (Fsp3) is 0.111. The number of benzene rings is 2. The van der Waals surface area contributed by atoms with E-state index in [-0.39, 0.29) is 17.9 Å². The summed E-state index contributed by atoms with van der Waals surface area (Å²) >= 11 is 0. The van der Waals surface area contributed by atoms with E-state index >= 15 is 0 Å². The van der Waals surface area contributed by atoms with Gasteiger partial charge in [0.05, 0.1) is 11.1 Å². The Labute approximate surface area is 135 Å². The zero-order valence-corrected chi connectivity index (χ0v) is 12.3. The predicted octanol–water partition coefficient (Wildman–Crippen LogP) is 4.95. The average molecular weight is 338 g/mol. The van der Waals surface area contributed by atoms with Gasteiger partial charge in [0.1, 0.15) is 24.0 Å². The zero-order valence-electron chi connectivity index (χ0n) is 12.3. The molecule has 0 N–H and O–H groups in total. The van der Waals surface area contributed by atoms with Crippen LogP contribution in [0.4, 0.5) is 22.0 Å². The van der Waals surface area contributed by atoms with E-state index in [9.17, 15) is 22.0 Å². The quantitative estimate of drug-likeness (QED) is 0.437. The van der Waals surface area contributed by atoms with Crippen LogP contribution in [0, 0.1) is 23.5 Å². The first-order valence-corrected chi connectivity index (χ1v) is 6.73. The molecule has 0 aliphatic heterocycles. The van der Waals surface area contributed by atoms with E-state index in [1.807, 2.05) is 0 Å². The Bertz CT molecular complexity index is 772. The first-order chi connectivity index (χ1) is 11.3. The molecule has 2 rings (SSSR count). The van der Waals surface area contributed by atoms with Gasteiger partial charge in [0, 0.05) is 17.7 Å². The molecule has 2 aromatic rings. The van der Waals surface area contributed by atoms with Gasteiger partial charge in [0.2, 0.25) is 0 Å². The van der Waals surface area contributed by atoms with Gasteiger partial charge in [-0.3, -0.25) is 0 Å². The third-order valence-electron chi connectivity index (χ3n) is 2.93. The van der Waals surface area contributed by atoms with Crippen molar-refractivity contribution in [3.63, 3.8) is 0 Å². The van der Waals surface area contributed by atoms with Gasteiger partial charge in [-0.1, -0.05) is 24.5 Å².